The van der Waals surface area contributed by atoms with Gasteiger partial charge in [-0.05, 0) is 72.2 Å². The predicted octanol–water partition coefficient (Wildman–Crippen LogP) is 5.11. The minimum absolute atomic E-state index is 0.0159. The number of carboxylic acid groups (broad SMARTS) is 1. The van der Waals surface area contributed by atoms with E-state index in [0.29, 0.717) is 40.2 Å². The van der Waals surface area contributed by atoms with Crippen LogP contribution in [-0.4, -0.2) is 79.2 Å². The number of hydrogen-bond acceptors (Lipinski definition) is 8. The van der Waals surface area contributed by atoms with Crippen LogP contribution in [0.4, 0.5) is 5.69 Å². The van der Waals surface area contributed by atoms with Gasteiger partial charge in [0.2, 0.25) is 5.91 Å². The molecule has 4 fully saturated rings. The van der Waals surface area contributed by atoms with Crippen molar-refractivity contribution in [2.75, 3.05) is 32.6 Å². The zero-order chi connectivity index (χ0) is 33.5. The van der Waals surface area contributed by atoms with Gasteiger partial charge in [0.05, 0.1) is 38.0 Å². The van der Waals surface area contributed by atoms with E-state index in [1.165, 1.54) is 6.42 Å². The van der Waals surface area contributed by atoms with Gasteiger partial charge in [0.25, 0.3) is 0 Å². The summed E-state index contributed by atoms with van der Waals surface area (Å²) in [6.07, 6.45) is 0.454. The van der Waals surface area contributed by atoms with E-state index in [0.717, 1.165) is 12.1 Å². The van der Waals surface area contributed by atoms with E-state index in [1.54, 1.807) is 31.2 Å². The van der Waals surface area contributed by atoms with Crippen molar-refractivity contribution in [2.24, 2.45) is 34.2 Å². The van der Waals surface area contributed by atoms with Crippen LogP contribution in [0.1, 0.15) is 56.5 Å². The minimum Gasteiger partial charge on any atom is -0.496 e. The van der Waals surface area contributed by atoms with Gasteiger partial charge in [-0.3, -0.25) is 9.63 Å². The molecule has 1 aliphatic heterocycles. The van der Waals surface area contributed by atoms with E-state index in [-0.39, 0.29) is 36.0 Å². The summed E-state index contributed by atoms with van der Waals surface area (Å²) in [5.41, 5.74) is 12.2. The summed E-state index contributed by atoms with van der Waals surface area (Å²) in [5, 5.41) is 29.3. The molecule has 12 nitrogen and oxygen atoms in total. The molecule has 3 saturated carbocycles. The number of nitrogens with one attached hydrogen (secondary N) is 1. The van der Waals surface area contributed by atoms with Crippen molar-refractivity contribution in [1.82, 2.24) is 10.4 Å². The monoisotopic (exact) mass is 634 g/mol. The highest BCUT2D eigenvalue weighted by atomic mass is 16.7. The number of aromatic carboxylic acids is 1. The van der Waals surface area contributed by atoms with Crippen LogP contribution in [0, 0.1) is 29.1 Å². The largest absolute Gasteiger partial charge is 0.496 e. The maximum absolute atomic E-state index is 14.2. The summed E-state index contributed by atoms with van der Waals surface area (Å²) in [5.74, 6) is -0.00778. The zero-order valence-electron chi connectivity index (χ0n) is 27.7. The van der Waals surface area contributed by atoms with E-state index < -0.39 is 30.1 Å². The molecule has 6 rings (SSSR count). The Kier molecular flexibility index (Phi) is 9.56. The number of ether oxygens (including phenoxy) is 1. The Morgan fingerprint density at radius 2 is 2.00 bits per heavy atom. The predicted molar refractivity (Wildman–Crippen MR) is 174 cm³/mol. The average molecular weight is 635 g/mol. The molecular formula is C34H46N6O6. The van der Waals surface area contributed by atoms with Crippen molar-refractivity contribution >= 4 is 17.6 Å². The van der Waals surface area contributed by atoms with Crippen molar-refractivity contribution < 1.29 is 29.4 Å². The zero-order valence-corrected chi connectivity index (χ0v) is 27.7. The van der Waals surface area contributed by atoms with E-state index in [2.05, 4.69) is 36.1 Å². The number of nitrogens with zero attached hydrogens (tertiary/aromatic N) is 5. The third-order valence-corrected chi connectivity index (χ3v) is 10.8. The van der Waals surface area contributed by atoms with E-state index in [9.17, 15) is 19.8 Å². The Labute approximate surface area is 270 Å². The maximum Gasteiger partial charge on any atom is 0.335 e. The molecule has 2 bridgehead atoms. The lowest BCUT2D eigenvalue weighted by molar-refractivity contribution is -0.175. The van der Waals surface area contributed by atoms with Crippen molar-refractivity contribution in [3.8, 4) is 16.9 Å². The molecule has 0 unspecified atom stereocenters. The first-order valence-corrected chi connectivity index (χ1v) is 15.9. The van der Waals surface area contributed by atoms with Crippen LogP contribution in [-0.2, 0) is 16.2 Å². The first-order chi connectivity index (χ1) is 21.8. The number of amides is 1. The molecule has 4 aliphatic rings. The van der Waals surface area contributed by atoms with Gasteiger partial charge < -0.3 is 25.2 Å². The Hall–Kier alpha value is -3.83. The topological polar surface area (TPSA) is 160 Å². The van der Waals surface area contributed by atoms with Crippen LogP contribution in [0.15, 0.2) is 41.5 Å². The van der Waals surface area contributed by atoms with Crippen molar-refractivity contribution in [3.05, 3.63) is 58.0 Å². The number of carbonyl (C=O) groups excluding carboxylic acids is 1. The summed E-state index contributed by atoms with van der Waals surface area (Å²) in [6, 6.07) is 9.85. The van der Waals surface area contributed by atoms with Gasteiger partial charge in [0.15, 0.2) is 0 Å². The normalized spacial score (nSPS) is 28.8. The van der Waals surface area contributed by atoms with Crippen molar-refractivity contribution in [3.63, 3.8) is 0 Å². The average Bonchev–Trinajstić information content (AvgIpc) is 3.38. The number of carbonyl (C=O) groups is 2. The third kappa shape index (κ3) is 6.14. The number of aliphatic hydroxyl groups is 1. The highest BCUT2D eigenvalue weighted by Gasteiger charge is 2.57. The Morgan fingerprint density at radius 3 is 2.59 bits per heavy atom. The number of hydroxylamine groups is 2. The molecule has 0 spiro atoms. The number of fused-ring (bicyclic) bond motifs is 2. The summed E-state index contributed by atoms with van der Waals surface area (Å²) in [7, 11) is 5.24. The molecule has 1 heterocycles. The molecule has 2 aromatic carbocycles. The minimum atomic E-state index is -1.04. The Bertz CT molecular complexity index is 1520. The second kappa shape index (κ2) is 13.1. The van der Waals surface area contributed by atoms with Crippen LogP contribution in [0.3, 0.4) is 0 Å². The fraction of sp³-hybridized carbons (Fsp3) is 0.588. The van der Waals surface area contributed by atoms with E-state index >= 15 is 0 Å². The summed E-state index contributed by atoms with van der Waals surface area (Å²) in [6.45, 7) is 8.55. The number of hydrogen-bond donors (Lipinski definition) is 3. The van der Waals surface area contributed by atoms with Gasteiger partial charge in [0.1, 0.15) is 11.8 Å². The van der Waals surface area contributed by atoms with Crippen LogP contribution < -0.4 is 15.0 Å². The maximum atomic E-state index is 14.2. The quantitative estimate of drug-likeness (QED) is 0.175. The summed E-state index contributed by atoms with van der Waals surface area (Å²) < 4.78 is 5.92. The van der Waals surface area contributed by atoms with Crippen LogP contribution >= 0.6 is 0 Å². The fourth-order valence-corrected chi connectivity index (χ4v) is 8.10. The lowest BCUT2D eigenvalue weighted by atomic mass is 9.45. The highest BCUT2D eigenvalue weighted by molar-refractivity contribution is 5.92. The van der Waals surface area contributed by atoms with Crippen LogP contribution in [0.5, 0.6) is 5.75 Å². The number of anilines is 1. The van der Waals surface area contributed by atoms with Crippen LogP contribution in [0.25, 0.3) is 21.6 Å². The number of para-hydroxylation sites is 1. The van der Waals surface area contributed by atoms with Gasteiger partial charge in [-0.25, -0.2) is 4.79 Å². The smallest absolute Gasteiger partial charge is 0.335 e. The summed E-state index contributed by atoms with van der Waals surface area (Å²) >= 11 is 0. The fourth-order valence-electron chi connectivity index (χ4n) is 8.10. The number of aliphatic hydroxyl groups excluding tert-OH is 1. The molecule has 3 N–H and O–H groups in total. The molecule has 248 valence electrons. The van der Waals surface area contributed by atoms with E-state index in [1.807, 2.05) is 43.3 Å². The molecule has 2 aromatic rings. The second-order valence-corrected chi connectivity index (χ2v) is 13.9. The number of azide groups is 1. The van der Waals surface area contributed by atoms with E-state index in [4.69, 9.17) is 15.1 Å². The molecule has 3 aliphatic carbocycles. The molecule has 0 radical (unpaired) electrons. The number of rotatable bonds is 11. The standard InChI is InChI=1S/C34H46N6O6/c1-18-26-14-23(34(26,3)4)15-27(18)37-32(42)30-29(19(2)41)28(16-36-38-35)46-40(30)17-20-9-8-10-25(31(20)45-7)21-11-22(33(43)44)13-24(12-21)39(5)6/h8-13,18-19,23,26-30,41H,14-17H2,1-7H3,(H,37,42)(H,43,44)/t18-,19-,23-,26+,27-,28-,29+,30-/m0/s1. The molecule has 1 saturated heterocycles. The SMILES string of the molecule is COc1c(CN2O[C@@H](CN=[N+]=[N-])[C@@H]([C@H](C)O)[C@H]2C(=O)N[C@H]2C[C@@H]3C[C@H]([C@@H]2C)C3(C)C)cccc1-c1cc(C(=O)O)cc(N(C)C)c1. The molecule has 8 atom stereocenters. The van der Waals surface area contributed by atoms with Gasteiger partial charge in [-0.15, -0.1) is 0 Å². The first-order valence-electron chi connectivity index (χ1n) is 15.9. The molecule has 0 aromatic heterocycles. The molecular weight excluding hydrogens is 588 g/mol. The van der Waals surface area contributed by atoms with Crippen LogP contribution in [0.2, 0.25) is 0 Å². The number of benzene rings is 2. The summed E-state index contributed by atoms with van der Waals surface area (Å²) in [4.78, 5) is 37.2. The molecule has 12 heteroatoms. The second-order valence-electron chi connectivity index (χ2n) is 13.9. The molecule has 1 amide bonds. The van der Waals surface area contributed by atoms with Gasteiger partial charge in [0, 0.05) is 47.8 Å². The van der Waals surface area contributed by atoms with Gasteiger partial charge in [-0.2, -0.15) is 5.06 Å². The number of carboxylic acids is 1. The number of methoxy groups -OCH3 is 1. The molecule has 46 heavy (non-hydrogen) atoms. The van der Waals surface area contributed by atoms with Crippen molar-refractivity contribution in [1.29, 1.82) is 0 Å². The third-order valence-electron chi connectivity index (χ3n) is 10.8. The lowest BCUT2D eigenvalue weighted by Gasteiger charge is -2.62. The first kappa shape index (κ1) is 33.5. The Morgan fingerprint density at radius 1 is 1.26 bits per heavy atom. The van der Waals surface area contributed by atoms with Crippen molar-refractivity contribution in [2.45, 2.75) is 71.4 Å². The van der Waals surface area contributed by atoms with Gasteiger partial charge in [-0.1, -0.05) is 44.1 Å². The van der Waals surface area contributed by atoms with Gasteiger partial charge >= 0.3 is 5.97 Å². The lowest BCUT2D eigenvalue weighted by Crippen LogP contribution is -2.62. The Balaban J connectivity index is 1.49. The highest BCUT2D eigenvalue weighted by Crippen LogP contribution is 2.61.